The highest BCUT2D eigenvalue weighted by Gasteiger charge is 2.54. The summed E-state index contributed by atoms with van der Waals surface area (Å²) in [6, 6.07) is 2.21. The second kappa shape index (κ2) is 18.4. The molecule has 308 valence electrons. The maximum Gasteiger partial charge on any atom is 0.187 e. The molecule has 2 aliphatic carbocycles. The highest BCUT2D eigenvalue weighted by Crippen LogP contribution is 2.34. The zero-order valence-corrected chi connectivity index (χ0v) is 30.2. The lowest BCUT2D eigenvalue weighted by molar-refractivity contribution is -0.307. The summed E-state index contributed by atoms with van der Waals surface area (Å²) < 4.78 is 35.8. The molecule has 19 nitrogen and oxygen atoms in total. The van der Waals surface area contributed by atoms with Gasteiger partial charge in [0.1, 0.15) is 67.1 Å². The van der Waals surface area contributed by atoms with Crippen LogP contribution in [0.2, 0.25) is 0 Å². The lowest BCUT2D eigenvalue weighted by Gasteiger charge is -2.47. The number of ether oxygens (including phenoxy) is 6. The summed E-state index contributed by atoms with van der Waals surface area (Å²) in [6.45, 7) is -0.0353. The average Bonchev–Trinajstić information content (AvgIpc) is 3.47. The molecule has 3 aliphatic heterocycles. The lowest BCUT2D eigenvalue weighted by Crippen LogP contribution is -2.68. The third-order valence-corrected chi connectivity index (χ3v) is 11.5. The van der Waals surface area contributed by atoms with E-state index in [0.29, 0.717) is 6.54 Å². The Balaban J connectivity index is 1.10. The first-order chi connectivity index (χ1) is 25.8. The number of nitrogens with two attached hydrogens (primary N) is 5. The molecule has 0 radical (unpaired) electrons. The van der Waals surface area contributed by atoms with Gasteiger partial charge in [-0.2, -0.15) is 0 Å². The number of hydrogen-bond acceptors (Lipinski definition) is 19. The molecule has 19 heteroatoms. The molecule has 1 saturated carbocycles. The van der Waals surface area contributed by atoms with Crippen LogP contribution in [0.4, 0.5) is 0 Å². The maximum atomic E-state index is 11.3. The number of aliphatic hydroxyl groups is 7. The molecule has 0 amide bonds. The van der Waals surface area contributed by atoms with Gasteiger partial charge in [0.25, 0.3) is 0 Å². The minimum absolute atomic E-state index is 0.0967. The van der Waals surface area contributed by atoms with E-state index in [1.807, 2.05) is 0 Å². The van der Waals surface area contributed by atoms with Gasteiger partial charge in [0.15, 0.2) is 18.9 Å². The average molecular weight is 773 g/mol. The Kier molecular flexibility index (Phi) is 14.3. The summed E-state index contributed by atoms with van der Waals surface area (Å²) in [7, 11) is 0. The Morgan fingerprint density at radius 1 is 0.667 bits per heavy atom. The van der Waals surface area contributed by atoms with Crippen molar-refractivity contribution in [2.24, 2.45) is 28.7 Å². The summed E-state index contributed by atoms with van der Waals surface area (Å²) in [4.78, 5) is 0. The van der Waals surface area contributed by atoms with E-state index in [1.165, 1.54) is 29.5 Å². The van der Waals surface area contributed by atoms with Crippen molar-refractivity contribution in [2.75, 3.05) is 26.2 Å². The SMILES string of the molecule is NC[C@@H]1O[C@H](O[C@H]2[C@@H](O)[C@H](O[C@@H]3[C@@H](O)[C@H](N)C[C@H](N)[C@H]3O[C@H]3O[C@H](CNCCc4cccc5c4CCCC5)[C@@H](O)[C@H](O)[C@H]3N)O[C@@H]2CO)[C@H](N)[C@@H](O)[C@@H]1O. The number of benzene rings is 1. The van der Waals surface area contributed by atoms with Crippen molar-refractivity contribution in [1.82, 2.24) is 5.32 Å². The van der Waals surface area contributed by atoms with Crippen molar-refractivity contribution < 1.29 is 64.2 Å². The highest BCUT2D eigenvalue weighted by atomic mass is 16.8. The molecular formula is C35H60N6O13. The highest BCUT2D eigenvalue weighted by molar-refractivity contribution is 5.37. The van der Waals surface area contributed by atoms with Crippen LogP contribution in [0.15, 0.2) is 18.2 Å². The van der Waals surface area contributed by atoms with E-state index in [0.717, 1.165) is 19.3 Å². The second-order valence-corrected chi connectivity index (χ2v) is 15.2. The van der Waals surface area contributed by atoms with Crippen molar-refractivity contribution in [3.8, 4) is 0 Å². The van der Waals surface area contributed by atoms with Gasteiger partial charge in [-0.05, 0) is 61.8 Å². The number of nitrogens with one attached hydrogen (secondary N) is 1. The predicted molar refractivity (Wildman–Crippen MR) is 189 cm³/mol. The second-order valence-electron chi connectivity index (χ2n) is 15.2. The van der Waals surface area contributed by atoms with Crippen molar-refractivity contribution in [1.29, 1.82) is 0 Å². The molecule has 0 spiro atoms. The van der Waals surface area contributed by atoms with E-state index in [1.54, 1.807) is 0 Å². The fourth-order valence-electron chi connectivity index (χ4n) is 8.28. The Bertz CT molecular complexity index is 1360. The first-order valence-electron chi connectivity index (χ1n) is 19.0. The lowest BCUT2D eigenvalue weighted by atomic mass is 9.84. The topological polar surface area (TPSA) is 339 Å². The van der Waals surface area contributed by atoms with Crippen molar-refractivity contribution in [2.45, 2.75) is 155 Å². The zero-order valence-electron chi connectivity index (χ0n) is 30.2. The Labute approximate surface area is 313 Å². The van der Waals surface area contributed by atoms with Crippen LogP contribution in [0.5, 0.6) is 0 Å². The van der Waals surface area contributed by atoms with Gasteiger partial charge in [0.05, 0.1) is 24.8 Å². The number of aryl methyl sites for hydroxylation is 1. The predicted octanol–water partition coefficient (Wildman–Crippen LogP) is -6.14. The molecule has 1 aromatic carbocycles. The minimum atomic E-state index is -1.61. The van der Waals surface area contributed by atoms with E-state index in [2.05, 4.69) is 23.5 Å². The molecule has 19 atom stereocenters. The molecule has 4 fully saturated rings. The fourth-order valence-corrected chi connectivity index (χ4v) is 8.28. The van der Waals surface area contributed by atoms with Gasteiger partial charge in [-0.1, -0.05) is 18.2 Å². The normalized spacial score (nSPS) is 45.7. The Hall–Kier alpha value is -1.54. The molecule has 0 bridgehead atoms. The van der Waals surface area contributed by atoms with Gasteiger partial charge in [0, 0.05) is 25.2 Å². The van der Waals surface area contributed by atoms with Gasteiger partial charge in [0.2, 0.25) is 0 Å². The first kappa shape index (κ1) is 42.1. The summed E-state index contributed by atoms with van der Waals surface area (Å²) >= 11 is 0. The molecule has 1 aromatic rings. The smallest absolute Gasteiger partial charge is 0.187 e. The molecule has 3 heterocycles. The third kappa shape index (κ3) is 8.80. The van der Waals surface area contributed by atoms with E-state index in [-0.39, 0.29) is 19.5 Å². The van der Waals surface area contributed by atoms with Crippen LogP contribution < -0.4 is 34.0 Å². The number of fused-ring (bicyclic) bond motifs is 1. The molecular weight excluding hydrogens is 712 g/mol. The largest absolute Gasteiger partial charge is 0.394 e. The summed E-state index contributed by atoms with van der Waals surface area (Å²) in [5.41, 5.74) is 34.8. The van der Waals surface area contributed by atoms with Gasteiger partial charge in [-0.25, -0.2) is 0 Å². The molecule has 3 saturated heterocycles. The van der Waals surface area contributed by atoms with Crippen LogP contribution in [0.25, 0.3) is 0 Å². The number of hydrogen-bond donors (Lipinski definition) is 13. The van der Waals surface area contributed by atoms with E-state index >= 15 is 0 Å². The first-order valence-corrected chi connectivity index (χ1v) is 19.0. The summed E-state index contributed by atoms with van der Waals surface area (Å²) in [6.07, 6.45) is -14.4. The van der Waals surface area contributed by atoms with Gasteiger partial charge >= 0.3 is 0 Å². The maximum absolute atomic E-state index is 11.3. The van der Waals surface area contributed by atoms with Gasteiger partial charge in [-0.15, -0.1) is 0 Å². The van der Waals surface area contributed by atoms with E-state index < -0.39 is 123 Å². The fraction of sp³-hybridized carbons (Fsp3) is 0.829. The number of aliphatic hydroxyl groups excluding tert-OH is 7. The van der Waals surface area contributed by atoms with Crippen molar-refractivity contribution in [3.63, 3.8) is 0 Å². The molecule has 0 unspecified atom stereocenters. The Morgan fingerprint density at radius 3 is 1.96 bits per heavy atom. The molecule has 18 N–H and O–H groups in total. The van der Waals surface area contributed by atoms with E-state index in [4.69, 9.17) is 57.1 Å². The van der Waals surface area contributed by atoms with Crippen molar-refractivity contribution >= 4 is 0 Å². The van der Waals surface area contributed by atoms with Crippen molar-refractivity contribution in [3.05, 3.63) is 34.9 Å². The van der Waals surface area contributed by atoms with E-state index in [9.17, 15) is 35.7 Å². The monoisotopic (exact) mass is 772 g/mol. The summed E-state index contributed by atoms with van der Waals surface area (Å²) in [5.74, 6) is 0. The summed E-state index contributed by atoms with van der Waals surface area (Å²) in [5, 5.41) is 78.4. The van der Waals surface area contributed by atoms with Crippen LogP contribution in [-0.4, -0.2) is 178 Å². The van der Waals surface area contributed by atoms with Crippen LogP contribution in [0.1, 0.15) is 36.0 Å². The molecule has 6 rings (SSSR count). The standard InChI is InChI=1S/C35H60N6O13/c36-11-19-25(44)27(46)22(39)33(49-19)53-31-21(13-42)51-35(29(31)48)54-32-24(43)17(37)10-18(38)30(32)52-34-23(40)28(47)26(45)20(50-34)12-41-9-8-15-6-3-5-14-4-1-2-7-16(14)15/h3,5-6,17-35,41-48H,1-2,4,7-13,36-40H2/t17-,18+,19+,20-,21-,22-,23-,24+,25-,26-,27-,28-,29-,30-,31-,32-,33-,34-,35+/m1/s1. The molecule has 0 aromatic heterocycles. The number of rotatable bonds is 13. The van der Waals surface area contributed by atoms with Gasteiger partial charge in [-0.3, -0.25) is 0 Å². The van der Waals surface area contributed by atoms with Crippen LogP contribution >= 0.6 is 0 Å². The van der Waals surface area contributed by atoms with Gasteiger partial charge < -0.3 is 98.2 Å². The minimum Gasteiger partial charge on any atom is -0.394 e. The van der Waals surface area contributed by atoms with Crippen LogP contribution in [-0.2, 0) is 47.7 Å². The zero-order chi connectivity index (χ0) is 38.8. The van der Waals surface area contributed by atoms with Crippen LogP contribution in [0, 0.1) is 0 Å². The van der Waals surface area contributed by atoms with Crippen LogP contribution in [0.3, 0.4) is 0 Å². The Morgan fingerprint density at radius 2 is 1.28 bits per heavy atom. The molecule has 5 aliphatic rings. The third-order valence-electron chi connectivity index (χ3n) is 11.5. The molecule has 54 heavy (non-hydrogen) atoms. The quantitative estimate of drug-likeness (QED) is 0.0830.